The molecule has 0 saturated carbocycles. The summed E-state index contributed by atoms with van der Waals surface area (Å²) < 4.78 is 14.0. The quantitative estimate of drug-likeness (QED) is 0.606. The summed E-state index contributed by atoms with van der Waals surface area (Å²) in [5.74, 6) is -1.86. The summed E-state index contributed by atoms with van der Waals surface area (Å²) in [4.78, 5) is 26.2. The van der Waals surface area contributed by atoms with Crippen molar-refractivity contribution < 1.29 is 14.3 Å². The zero-order valence-corrected chi connectivity index (χ0v) is 9.28. The van der Waals surface area contributed by atoms with Gasteiger partial charge in [0, 0.05) is 0 Å². The predicted octanol–water partition coefficient (Wildman–Crippen LogP) is -1.36. The molecule has 0 spiro atoms. The second kappa shape index (κ2) is 4.34. The predicted molar refractivity (Wildman–Crippen MR) is 58.5 cm³/mol. The van der Waals surface area contributed by atoms with Gasteiger partial charge in [-0.2, -0.15) is 4.98 Å². The van der Waals surface area contributed by atoms with Gasteiger partial charge in [0.2, 0.25) is 0 Å². The fourth-order valence-electron chi connectivity index (χ4n) is 1.39. The molecule has 0 aromatic carbocycles. The van der Waals surface area contributed by atoms with Crippen molar-refractivity contribution in [1.82, 2.24) is 14.9 Å². The monoisotopic (exact) mass is 260 g/mol. The highest BCUT2D eigenvalue weighted by Gasteiger charge is 2.34. The number of aliphatic hydroxyl groups excluding tert-OH is 1. The van der Waals surface area contributed by atoms with Crippen LogP contribution in [-0.4, -0.2) is 32.5 Å². The molecule has 1 aromatic rings. The lowest BCUT2D eigenvalue weighted by Gasteiger charge is -2.10. The molecule has 9 heteroatoms. The van der Waals surface area contributed by atoms with E-state index >= 15 is 0 Å². The van der Waals surface area contributed by atoms with Gasteiger partial charge in [-0.25, -0.2) is 9.18 Å². The van der Waals surface area contributed by atoms with Crippen LogP contribution in [-0.2, 0) is 4.79 Å². The number of hydrogen-bond donors (Lipinski definition) is 3. The summed E-state index contributed by atoms with van der Waals surface area (Å²) in [6.45, 7) is -0.271. The summed E-state index contributed by atoms with van der Waals surface area (Å²) in [6, 6.07) is 0. The van der Waals surface area contributed by atoms with Gasteiger partial charge in [-0.05, 0) is 0 Å². The Hall–Kier alpha value is -1.61. The number of nitrogens with zero attached hydrogens (tertiary/aromatic N) is 2. The van der Waals surface area contributed by atoms with E-state index in [-0.39, 0.29) is 6.61 Å². The molecule has 92 valence electrons. The minimum Gasteiger partial charge on any atom is -0.393 e. The van der Waals surface area contributed by atoms with Crippen LogP contribution in [0, 0.1) is 5.82 Å². The van der Waals surface area contributed by atoms with Gasteiger partial charge in [-0.15, -0.1) is 0 Å². The molecule has 7 nitrogen and oxygen atoms in total. The van der Waals surface area contributed by atoms with E-state index in [1.807, 2.05) is 0 Å². The molecule has 4 N–H and O–H groups in total. The lowest BCUT2D eigenvalue weighted by Crippen LogP contribution is -2.33. The van der Waals surface area contributed by atoms with Gasteiger partial charge in [-0.3, -0.25) is 9.36 Å². The van der Waals surface area contributed by atoms with E-state index in [0.717, 1.165) is 22.5 Å². The smallest absolute Gasteiger partial charge is 0.351 e. The van der Waals surface area contributed by atoms with E-state index in [4.69, 9.17) is 10.8 Å². The van der Waals surface area contributed by atoms with Crippen LogP contribution in [0.4, 0.5) is 10.2 Å². The van der Waals surface area contributed by atoms with Crippen molar-refractivity contribution in [3.8, 4) is 0 Å². The molecule has 1 aliphatic heterocycles. The lowest BCUT2D eigenvalue weighted by atomic mass is 10.5. The summed E-state index contributed by atoms with van der Waals surface area (Å²) in [7, 11) is 0. The number of nitrogens with two attached hydrogens (primary N) is 1. The van der Waals surface area contributed by atoms with Crippen molar-refractivity contribution >= 4 is 23.5 Å². The summed E-state index contributed by atoms with van der Waals surface area (Å²) in [6.07, 6.45) is 0.835. The molecule has 0 unspecified atom stereocenters. The molecule has 0 aliphatic carbocycles. The normalized spacial score (nSPS) is 23.8. The van der Waals surface area contributed by atoms with Gasteiger partial charge in [0.15, 0.2) is 17.0 Å². The third-order valence-corrected chi connectivity index (χ3v) is 3.47. The molecule has 2 atom stereocenters. The number of anilines is 1. The number of hydrogen-bond acceptors (Lipinski definition) is 6. The van der Waals surface area contributed by atoms with Crippen molar-refractivity contribution in [1.29, 1.82) is 0 Å². The molecular weight excluding hydrogens is 251 g/mol. The molecule has 1 amide bonds. The van der Waals surface area contributed by atoms with Crippen LogP contribution in [0.1, 0.15) is 5.37 Å². The Morgan fingerprint density at radius 1 is 1.65 bits per heavy atom. The largest absolute Gasteiger partial charge is 0.393 e. The first-order valence-corrected chi connectivity index (χ1v) is 5.58. The second-order valence-corrected chi connectivity index (χ2v) is 4.62. The first-order valence-electron chi connectivity index (χ1n) is 4.64. The van der Waals surface area contributed by atoms with Gasteiger partial charge in [0.25, 0.3) is 5.91 Å². The zero-order valence-electron chi connectivity index (χ0n) is 8.46. The number of aromatic nitrogens is 2. The van der Waals surface area contributed by atoms with Gasteiger partial charge in [0.05, 0.1) is 12.8 Å². The zero-order chi connectivity index (χ0) is 12.6. The van der Waals surface area contributed by atoms with Crippen LogP contribution in [0.5, 0.6) is 0 Å². The molecule has 1 aliphatic rings. The van der Waals surface area contributed by atoms with Crippen LogP contribution in [0.25, 0.3) is 0 Å². The molecule has 1 saturated heterocycles. The maximum atomic E-state index is 13.2. The molecular formula is C8H9FN4O3S. The molecule has 0 bridgehead atoms. The summed E-state index contributed by atoms with van der Waals surface area (Å²) >= 11 is 1.01. The highest BCUT2D eigenvalue weighted by Crippen LogP contribution is 2.31. The Morgan fingerprint density at radius 2 is 2.35 bits per heavy atom. The third-order valence-electron chi connectivity index (χ3n) is 2.17. The number of nitrogens with one attached hydrogen (secondary N) is 1. The van der Waals surface area contributed by atoms with Crippen molar-refractivity contribution in [2.75, 3.05) is 12.3 Å². The first-order chi connectivity index (χ1) is 8.02. The fourth-order valence-corrected chi connectivity index (χ4v) is 2.44. The Balaban J connectivity index is 2.38. The average molecular weight is 260 g/mol. The second-order valence-electron chi connectivity index (χ2n) is 3.33. The standard InChI is InChI=1S/C8H9FN4O3S/c9-3-1-13(8(16)12-5(3)10)7-6(15)11-4(2-14)17-7/h1,4,7,14H,2H2,(H,11,15)(H2,10,12,16)/t4-,7+/m1/s1. The van der Waals surface area contributed by atoms with E-state index in [1.54, 1.807) is 0 Å². The Labute approximate surface area is 98.8 Å². The first kappa shape index (κ1) is 11.9. The van der Waals surface area contributed by atoms with Crippen molar-refractivity contribution in [2.24, 2.45) is 0 Å². The number of rotatable bonds is 2. The summed E-state index contributed by atoms with van der Waals surface area (Å²) in [5.41, 5.74) is 4.32. The Morgan fingerprint density at radius 3 is 2.94 bits per heavy atom. The van der Waals surface area contributed by atoms with Crippen LogP contribution < -0.4 is 16.7 Å². The van der Waals surface area contributed by atoms with Crippen molar-refractivity contribution in [3.63, 3.8) is 0 Å². The maximum Gasteiger partial charge on any atom is 0.351 e. The molecule has 0 radical (unpaired) electrons. The molecule has 1 fully saturated rings. The molecule has 1 aromatic heterocycles. The number of aliphatic hydroxyl groups is 1. The van der Waals surface area contributed by atoms with E-state index in [9.17, 15) is 14.0 Å². The van der Waals surface area contributed by atoms with Gasteiger partial charge >= 0.3 is 5.69 Å². The SMILES string of the molecule is Nc1nc(=O)n([C@H]2S[C@H](CO)NC2=O)cc1F. The van der Waals surface area contributed by atoms with Crippen LogP contribution in [0.2, 0.25) is 0 Å². The number of amides is 1. The van der Waals surface area contributed by atoms with E-state index < -0.39 is 34.0 Å². The van der Waals surface area contributed by atoms with Gasteiger partial charge < -0.3 is 16.2 Å². The van der Waals surface area contributed by atoms with Crippen LogP contribution in [0.3, 0.4) is 0 Å². The number of thioether (sulfide) groups is 1. The van der Waals surface area contributed by atoms with Crippen LogP contribution >= 0.6 is 11.8 Å². The molecule has 2 rings (SSSR count). The average Bonchev–Trinajstić information content (AvgIpc) is 2.65. The van der Waals surface area contributed by atoms with Gasteiger partial charge in [-0.1, -0.05) is 11.8 Å². The lowest BCUT2D eigenvalue weighted by molar-refractivity contribution is -0.121. The highest BCUT2D eigenvalue weighted by molar-refractivity contribution is 8.01. The minimum absolute atomic E-state index is 0.271. The van der Waals surface area contributed by atoms with Crippen molar-refractivity contribution in [3.05, 3.63) is 22.5 Å². The van der Waals surface area contributed by atoms with Crippen LogP contribution in [0.15, 0.2) is 11.0 Å². The topological polar surface area (TPSA) is 110 Å². The summed E-state index contributed by atoms with van der Waals surface area (Å²) in [5, 5.41) is 9.87. The van der Waals surface area contributed by atoms with E-state index in [1.165, 1.54) is 0 Å². The maximum absolute atomic E-state index is 13.2. The Kier molecular flexibility index (Phi) is 3.03. The highest BCUT2D eigenvalue weighted by atomic mass is 32.2. The number of carbonyl (C=O) groups excluding carboxylic acids is 1. The van der Waals surface area contributed by atoms with E-state index in [0.29, 0.717) is 0 Å². The fraction of sp³-hybridized carbons (Fsp3) is 0.375. The number of carbonyl (C=O) groups is 1. The molecule has 2 heterocycles. The third kappa shape index (κ3) is 2.11. The number of halogens is 1. The minimum atomic E-state index is -0.942. The van der Waals surface area contributed by atoms with Crippen molar-refractivity contribution in [2.45, 2.75) is 10.7 Å². The van der Waals surface area contributed by atoms with Gasteiger partial charge in [0.1, 0.15) is 5.37 Å². The van der Waals surface area contributed by atoms with E-state index in [2.05, 4.69) is 10.3 Å². The number of nitrogen functional groups attached to an aromatic ring is 1. The Bertz CT molecular complexity index is 520. The molecule has 17 heavy (non-hydrogen) atoms.